The van der Waals surface area contributed by atoms with E-state index >= 15 is 0 Å². The molecule has 0 aliphatic heterocycles. The highest BCUT2D eigenvalue weighted by Gasteiger charge is 2.01. The Morgan fingerprint density at radius 1 is 1.10 bits per heavy atom. The van der Waals surface area contributed by atoms with Crippen LogP contribution in [0.25, 0.3) is 0 Å². The number of unbranched alkanes of at least 4 members (excludes halogenated alkanes) is 3. The standard InChI is InChI=1S/C14H22N2O3.ClH/c15-19-11-7-2-1-6-10-16-14(17)18-12-13-8-4-3-5-9-13;/h3-5,8-9H,1-2,6-7,10-12,15H2,(H,16,17);1H. The molecule has 6 heteroatoms. The van der Waals surface area contributed by atoms with Crippen LogP contribution in [0.1, 0.15) is 31.2 Å². The molecule has 5 nitrogen and oxygen atoms in total. The Morgan fingerprint density at radius 2 is 1.80 bits per heavy atom. The van der Waals surface area contributed by atoms with E-state index in [1.807, 2.05) is 30.3 Å². The van der Waals surface area contributed by atoms with E-state index < -0.39 is 0 Å². The van der Waals surface area contributed by atoms with Crippen LogP contribution in [0.2, 0.25) is 0 Å². The van der Waals surface area contributed by atoms with Gasteiger partial charge in [0, 0.05) is 6.54 Å². The minimum Gasteiger partial charge on any atom is -0.445 e. The first-order valence-electron chi connectivity index (χ1n) is 6.59. The van der Waals surface area contributed by atoms with E-state index in [0.29, 0.717) is 19.8 Å². The normalized spacial score (nSPS) is 9.65. The highest BCUT2D eigenvalue weighted by atomic mass is 35.5. The van der Waals surface area contributed by atoms with Crippen molar-refractivity contribution in [3.05, 3.63) is 35.9 Å². The van der Waals surface area contributed by atoms with Crippen LogP contribution in [0, 0.1) is 0 Å². The Bertz CT molecular complexity index is 350. The summed E-state index contributed by atoms with van der Waals surface area (Å²) < 4.78 is 5.09. The van der Waals surface area contributed by atoms with E-state index in [2.05, 4.69) is 10.2 Å². The van der Waals surface area contributed by atoms with Crippen LogP contribution in [-0.4, -0.2) is 19.2 Å². The molecule has 0 radical (unpaired) electrons. The van der Waals surface area contributed by atoms with Crippen molar-refractivity contribution in [3.8, 4) is 0 Å². The average molecular weight is 303 g/mol. The number of amides is 1. The van der Waals surface area contributed by atoms with Gasteiger partial charge in [0.05, 0.1) is 6.61 Å². The number of halogens is 1. The number of benzene rings is 1. The first-order valence-corrected chi connectivity index (χ1v) is 6.59. The number of carbonyl (C=O) groups is 1. The van der Waals surface area contributed by atoms with Gasteiger partial charge in [-0.15, -0.1) is 12.4 Å². The summed E-state index contributed by atoms with van der Waals surface area (Å²) in [6, 6.07) is 9.61. The molecule has 1 aromatic carbocycles. The monoisotopic (exact) mass is 302 g/mol. The van der Waals surface area contributed by atoms with Crippen molar-refractivity contribution in [2.75, 3.05) is 13.2 Å². The van der Waals surface area contributed by atoms with Crippen molar-refractivity contribution in [1.29, 1.82) is 0 Å². The molecule has 0 unspecified atom stereocenters. The first kappa shape index (κ1) is 18.7. The topological polar surface area (TPSA) is 73.6 Å². The van der Waals surface area contributed by atoms with Crippen LogP contribution >= 0.6 is 12.4 Å². The summed E-state index contributed by atoms with van der Waals surface area (Å²) in [4.78, 5) is 15.9. The summed E-state index contributed by atoms with van der Waals surface area (Å²) in [6.07, 6.45) is 3.62. The summed E-state index contributed by atoms with van der Waals surface area (Å²) >= 11 is 0. The van der Waals surface area contributed by atoms with Gasteiger partial charge in [-0.3, -0.25) is 0 Å². The number of ether oxygens (including phenoxy) is 1. The number of carbonyl (C=O) groups excluding carboxylic acids is 1. The molecule has 0 heterocycles. The fourth-order valence-corrected chi connectivity index (χ4v) is 1.63. The quantitative estimate of drug-likeness (QED) is 0.543. The molecule has 0 saturated carbocycles. The lowest BCUT2D eigenvalue weighted by Gasteiger charge is -2.07. The molecule has 0 aliphatic rings. The van der Waals surface area contributed by atoms with E-state index in [-0.39, 0.29) is 18.5 Å². The van der Waals surface area contributed by atoms with Gasteiger partial charge in [0.1, 0.15) is 6.61 Å². The summed E-state index contributed by atoms with van der Waals surface area (Å²) in [5, 5.41) is 2.73. The number of rotatable bonds is 9. The molecule has 0 aromatic heterocycles. The van der Waals surface area contributed by atoms with Crippen molar-refractivity contribution in [3.63, 3.8) is 0 Å². The van der Waals surface area contributed by atoms with Gasteiger partial charge < -0.3 is 14.9 Å². The van der Waals surface area contributed by atoms with Crippen LogP contribution in [-0.2, 0) is 16.2 Å². The molecule has 20 heavy (non-hydrogen) atoms. The maximum absolute atomic E-state index is 11.4. The summed E-state index contributed by atoms with van der Waals surface area (Å²) in [5.41, 5.74) is 0.986. The lowest BCUT2D eigenvalue weighted by Crippen LogP contribution is -2.25. The Balaban J connectivity index is 0.00000361. The van der Waals surface area contributed by atoms with E-state index in [4.69, 9.17) is 10.6 Å². The van der Waals surface area contributed by atoms with E-state index in [0.717, 1.165) is 31.2 Å². The minimum atomic E-state index is -0.367. The zero-order chi connectivity index (χ0) is 13.8. The number of nitrogens with two attached hydrogens (primary N) is 1. The predicted octanol–water partition coefficient (Wildman–Crippen LogP) is 2.79. The molecular weight excluding hydrogens is 280 g/mol. The molecule has 0 bridgehead atoms. The summed E-state index contributed by atoms with van der Waals surface area (Å²) in [6.45, 7) is 1.53. The molecule has 0 aliphatic carbocycles. The molecule has 0 atom stereocenters. The molecule has 3 N–H and O–H groups in total. The molecular formula is C14H23ClN2O3. The Kier molecular flexibility index (Phi) is 11.9. The van der Waals surface area contributed by atoms with Gasteiger partial charge in [0.15, 0.2) is 0 Å². The predicted molar refractivity (Wildman–Crippen MR) is 80.5 cm³/mol. The third kappa shape index (κ3) is 9.61. The second-order valence-corrected chi connectivity index (χ2v) is 4.27. The largest absolute Gasteiger partial charge is 0.445 e. The van der Waals surface area contributed by atoms with E-state index in [1.165, 1.54) is 0 Å². The second kappa shape index (κ2) is 12.7. The molecule has 114 valence electrons. The Morgan fingerprint density at radius 3 is 2.50 bits per heavy atom. The van der Waals surface area contributed by atoms with Crippen LogP contribution in [0.4, 0.5) is 4.79 Å². The summed E-state index contributed by atoms with van der Waals surface area (Å²) in [7, 11) is 0. The number of hydrogen-bond donors (Lipinski definition) is 2. The van der Waals surface area contributed by atoms with Gasteiger partial charge in [-0.05, 0) is 18.4 Å². The minimum absolute atomic E-state index is 0. The van der Waals surface area contributed by atoms with Gasteiger partial charge >= 0.3 is 6.09 Å². The van der Waals surface area contributed by atoms with Crippen LogP contribution in [0.3, 0.4) is 0 Å². The van der Waals surface area contributed by atoms with Crippen molar-refractivity contribution >= 4 is 18.5 Å². The fraction of sp³-hybridized carbons (Fsp3) is 0.500. The zero-order valence-electron chi connectivity index (χ0n) is 11.5. The van der Waals surface area contributed by atoms with E-state index in [1.54, 1.807) is 0 Å². The first-order chi connectivity index (χ1) is 9.33. The van der Waals surface area contributed by atoms with Gasteiger partial charge in [-0.1, -0.05) is 43.2 Å². The lowest BCUT2D eigenvalue weighted by molar-refractivity contribution is 0.133. The molecule has 0 spiro atoms. The molecule has 1 amide bonds. The van der Waals surface area contributed by atoms with Crippen molar-refractivity contribution in [1.82, 2.24) is 5.32 Å². The Hall–Kier alpha value is -1.30. The maximum atomic E-state index is 11.4. The van der Waals surface area contributed by atoms with Crippen LogP contribution in [0.15, 0.2) is 30.3 Å². The maximum Gasteiger partial charge on any atom is 0.407 e. The third-order valence-corrected chi connectivity index (χ3v) is 2.67. The van der Waals surface area contributed by atoms with E-state index in [9.17, 15) is 4.79 Å². The Labute approximate surface area is 126 Å². The van der Waals surface area contributed by atoms with Gasteiger partial charge in [0.2, 0.25) is 0 Å². The number of nitrogens with one attached hydrogen (secondary N) is 1. The molecule has 1 aromatic rings. The second-order valence-electron chi connectivity index (χ2n) is 4.27. The third-order valence-electron chi connectivity index (χ3n) is 2.67. The molecule has 0 fully saturated rings. The molecule has 0 saturated heterocycles. The SMILES string of the molecule is Cl.NOCCCCCCNC(=O)OCc1ccccc1. The zero-order valence-corrected chi connectivity index (χ0v) is 12.4. The van der Waals surface area contributed by atoms with Gasteiger partial charge in [-0.25, -0.2) is 10.7 Å². The lowest BCUT2D eigenvalue weighted by atomic mass is 10.2. The smallest absolute Gasteiger partial charge is 0.407 e. The van der Waals surface area contributed by atoms with Crippen molar-refractivity contribution in [2.24, 2.45) is 5.90 Å². The van der Waals surface area contributed by atoms with Crippen LogP contribution in [0.5, 0.6) is 0 Å². The van der Waals surface area contributed by atoms with Crippen molar-refractivity contribution in [2.45, 2.75) is 32.3 Å². The van der Waals surface area contributed by atoms with Gasteiger partial charge in [-0.2, -0.15) is 0 Å². The summed E-state index contributed by atoms with van der Waals surface area (Å²) in [5.74, 6) is 4.92. The average Bonchev–Trinajstić information content (AvgIpc) is 2.45. The highest BCUT2D eigenvalue weighted by molar-refractivity contribution is 5.85. The van der Waals surface area contributed by atoms with Crippen LogP contribution < -0.4 is 11.2 Å². The number of alkyl carbamates (subject to hydrolysis) is 1. The molecule has 1 rings (SSSR count). The van der Waals surface area contributed by atoms with Crippen molar-refractivity contribution < 1.29 is 14.4 Å². The number of hydrogen-bond acceptors (Lipinski definition) is 4. The van der Waals surface area contributed by atoms with Gasteiger partial charge in [0.25, 0.3) is 0 Å². The fourth-order valence-electron chi connectivity index (χ4n) is 1.63. The highest BCUT2D eigenvalue weighted by Crippen LogP contribution is 2.01.